The first-order valence-corrected chi connectivity index (χ1v) is 8.27. The van der Waals surface area contributed by atoms with Crippen LogP contribution in [-0.2, 0) is 4.79 Å². The van der Waals surface area contributed by atoms with Crippen LogP contribution in [-0.4, -0.2) is 5.78 Å². The van der Waals surface area contributed by atoms with Gasteiger partial charge < -0.3 is 0 Å². The highest BCUT2D eigenvalue weighted by Crippen LogP contribution is 2.65. The molecule has 2 fully saturated rings. The average molecular weight is 284 g/mol. The third kappa shape index (κ3) is 1.86. The van der Waals surface area contributed by atoms with Gasteiger partial charge in [-0.15, -0.1) is 0 Å². The van der Waals surface area contributed by atoms with Crippen molar-refractivity contribution in [2.24, 2.45) is 28.1 Å². The third-order valence-electron chi connectivity index (χ3n) is 7.01. The van der Waals surface area contributed by atoms with E-state index in [1.165, 1.54) is 12.0 Å². The Hall–Kier alpha value is -1.11. The Kier molecular flexibility index (Phi) is 2.97. The standard InChI is InChI=1S/C20H28O/c1-13-11-14(7-9-18(13,2)3)12-15-16-8-10-20(6,17(15)21)19(16,4)5/h7,9,11-13,16H,8,10H2,1-6H3. The molecular weight excluding hydrogens is 256 g/mol. The first kappa shape index (κ1) is 14.8. The molecule has 0 N–H and O–H groups in total. The summed E-state index contributed by atoms with van der Waals surface area (Å²) in [7, 11) is 0. The lowest BCUT2D eigenvalue weighted by Gasteiger charge is -2.31. The molecule has 1 nitrogen and oxygen atoms in total. The first-order valence-electron chi connectivity index (χ1n) is 8.27. The largest absolute Gasteiger partial charge is 0.294 e. The van der Waals surface area contributed by atoms with E-state index in [-0.39, 0.29) is 16.2 Å². The van der Waals surface area contributed by atoms with Crippen LogP contribution in [0.2, 0.25) is 0 Å². The molecule has 3 aliphatic rings. The maximum atomic E-state index is 12.9. The van der Waals surface area contributed by atoms with Gasteiger partial charge in [-0.3, -0.25) is 4.79 Å². The summed E-state index contributed by atoms with van der Waals surface area (Å²) in [5.74, 6) is 1.34. The second kappa shape index (κ2) is 4.21. The monoisotopic (exact) mass is 284 g/mol. The number of hydrogen-bond donors (Lipinski definition) is 0. The van der Waals surface area contributed by atoms with Crippen molar-refractivity contribution < 1.29 is 4.79 Å². The highest BCUT2D eigenvalue weighted by atomic mass is 16.1. The summed E-state index contributed by atoms with van der Waals surface area (Å²) >= 11 is 0. The molecule has 3 rings (SSSR count). The summed E-state index contributed by atoms with van der Waals surface area (Å²) < 4.78 is 0. The number of hydrogen-bond acceptors (Lipinski definition) is 1. The van der Waals surface area contributed by atoms with Gasteiger partial charge in [-0.1, -0.05) is 59.8 Å². The predicted octanol–water partition coefficient (Wildman–Crippen LogP) is 5.10. The lowest BCUT2D eigenvalue weighted by atomic mass is 9.70. The van der Waals surface area contributed by atoms with E-state index in [4.69, 9.17) is 0 Å². The number of carbonyl (C=O) groups excluding carboxylic acids is 1. The predicted molar refractivity (Wildman–Crippen MR) is 87.9 cm³/mol. The summed E-state index contributed by atoms with van der Waals surface area (Å²) in [5.41, 5.74) is 2.48. The Morgan fingerprint density at radius 2 is 1.86 bits per heavy atom. The summed E-state index contributed by atoms with van der Waals surface area (Å²) in [4.78, 5) is 12.9. The van der Waals surface area contributed by atoms with Gasteiger partial charge in [-0.2, -0.15) is 0 Å². The molecule has 0 amide bonds. The van der Waals surface area contributed by atoms with Crippen molar-refractivity contribution in [3.63, 3.8) is 0 Å². The van der Waals surface area contributed by atoms with Crippen LogP contribution >= 0.6 is 0 Å². The number of ketones is 1. The summed E-state index contributed by atoms with van der Waals surface area (Å²) in [5, 5.41) is 0. The Balaban J connectivity index is 1.97. The summed E-state index contributed by atoms with van der Waals surface area (Å²) in [6.07, 6.45) is 11.2. The van der Waals surface area contributed by atoms with E-state index in [9.17, 15) is 4.79 Å². The maximum Gasteiger partial charge on any atom is 0.165 e. The Morgan fingerprint density at radius 1 is 1.19 bits per heavy atom. The van der Waals surface area contributed by atoms with Crippen molar-refractivity contribution >= 4 is 5.78 Å². The molecule has 3 unspecified atom stereocenters. The molecule has 0 radical (unpaired) electrons. The molecule has 0 saturated heterocycles. The lowest BCUT2D eigenvalue weighted by Crippen LogP contribution is -2.32. The van der Waals surface area contributed by atoms with Crippen molar-refractivity contribution in [1.82, 2.24) is 0 Å². The molecular formula is C20H28O. The smallest absolute Gasteiger partial charge is 0.165 e. The third-order valence-corrected chi connectivity index (χ3v) is 7.01. The minimum absolute atomic E-state index is 0.111. The molecule has 3 aliphatic carbocycles. The van der Waals surface area contributed by atoms with E-state index >= 15 is 0 Å². The van der Waals surface area contributed by atoms with Gasteiger partial charge in [0, 0.05) is 5.41 Å². The molecule has 114 valence electrons. The van der Waals surface area contributed by atoms with E-state index in [0.717, 1.165) is 12.0 Å². The fourth-order valence-corrected chi connectivity index (χ4v) is 4.39. The fourth-order valence-electron chi connectivity index (χ4n) is 4.39. The molecule has 3 atom stereocenters. The number of carbonyl (C=O) groups is 1. The van der Waals surface area contributed by atoms with Crippen LogP contribution in [0.1, 0.15) is 54.4 Å². The minimum atomic E-state index is -0.146. The fraction of sp³-hybridized carbons (Fsp3) is 0.650. The molecule has 0 heterocycles. The minimum Gasteiger partial charge on any atom is -0.294 e. The molecule has 0 aliphatic heterocycles. The highest BCUT2D eigenvalue weighted by molar-refractivity contribution is 6.05. The van der Waals surface area contributed by atoms with Crippen LogP contribution in [0.25, 0.3) is 0 Å². The van der Waals surface area contributed by atoms with E-state index in [1.807, 2.05) is 0 Å². The van der Waals surface area contributed by atoms with Crippen molar-refractivity contribution in [2.45, 2.75) is 54.4 Å². The number of Topliss-reactive ketones (excluding diaryl/α,β-unsaturated/α-hetero) is 1. The van der Waals surface area contributed by atoms with Crippen molar-refractivity contribution in [3.8, 4) is 0 Å². The van der Waals surface area contributed by atoms with Gasteiger partial charge in [0.05, 0.1) is 0 Å². The van der Waals surface area contributed by atoms with Crippen LogP contribution in [0.5, 0.6) is 0 Å². The van der Waals surface area contributed by atoms with Gasteiger partial charge >= 0.3 is 0 Å². The van der Waals surface area contributed by atoms with Gasteiger partial charge in [-0.05, 0) is 52.7 Å². The molecule has 0 aromatic heterocycles. The van der Waals surface area contributed by atoms with Gasteiger partial charge in [0.2, 0.25) is 0 Å². The second-order valence-electron chi connectivity index (χ2n) is 8.68. The molecule has 0 aromatic carbocycles. The number of rotatable bonds is 1. The van der Waals surface area contributed by atoms with Gasteiger partial charge in [-0.25, -0.2) is 0 Å². The quantitative estimate of drug-likeness (QED) is 0.612. The molecule has 0 spiro atoms. The molecule has 1 heteroatoms. The summed E-state index contributed by atoms with van der Waals surface area (Å²) in [6.45, 7) is 13.5. The van der Waals surface area contributed by atoms with Crippen LogP contribution < -0.4 is 0 Å². The molecule has 2 bridgehead atoms. The van der Waals surface area contributed by atoms with Crippen molar-refractivity contribution in [3.05, 3.63) is 35.5 Å². The van der Waals surface area contributed by atoms with Gasteiger partial charge in [0.1, 0.15) is 0 Å². The highest BCUT2D eigenvalue weighted by Gasteiger charge is 2.63. The topological polar surface area (TPSA) is 17.1 Å². The zero-order valence-corrected chi connectivity index (χ0v) is 14.3. The zero-order valence-electron chi connectivity index (χ0n) is 14.3. The van der Waals surface area contributed by atoms with E-state index in [0.29, 0.717) is 17.6 Å². The number of fused-ring (bicyclic) bond motifs is 2. The van der Waals surface area contributed by atoms with Crippen LogP contribution in [0.4, 0.5) is 0 Å². The number of allylic oxidation sites excluding steroid dienone is 6. The second-order valence-corrected chi connectivity index (χ2v) is 8.68. The summed E-state index contributed by atoms with van der Waals surface area (Å²) in [6, 6.07) is 0. The van der Waals surface area contributed by atoms with Gasteiger partial charge in [0.25, 0.3) is 0 Å². The van der Waals surface area contributed by atoms with Gasteiger partial charge in [0.15, 0.2) is 5.78 Å². The van der Waals surface area contributed by atoms with Crippen molar-refractivity contribution in [2.75, 3.05) is 0 Å². The van der Waals surface area contributed by atoms with E-state index < -0.39 is 0 Å². The Morgan fingerprint density at radius 3 is 2.38 bits per heavy atom. The molecule has 0 aromatic rings. The van der Waals surface area contributed by atoms with E-state index in [2.05, 4.69) is 65.8 Å². The zero-order chi connectivity index (χ0) is 15.6. The lowest BCUT2D eigenvalue weighted by molar-refractivity contribution is -0.125. The molecule has 2 saturated carbocycles. The Bertz CT molecular complexity index is 585. The van der Waals surface area contributed by atoms with Crippen LogP contribution in [0.3, 0.4) is 0 Å². The maximum absolute atomic E-state index is 12.9. The SMILES string of the molecule is CC1C=C(C=C2C(=O)C3(C)CCC2C3(C)C)C=CC1(C)C. The average Bonchev–Trinajstić information content (AvgIpc) is 2.69. The van der Waals surface area contributed by atoms with E-state index in [1.54, 1.807) is 0 Å². The van der Waals surface area contributed by atoms with Crippen LogP contribution in [0.15, 0.2) is 35.5 Å². The Labute approximate surface area is 129 Å². The van der Waals surface area contributed by atoms with Crippen LogP contribution in [0, 0.1) is 28.1 Å². The van der Waals surface area contributed by atoms with Crippen molar-refractivity contribution in [1.29, 1.82) is 0 Å². The normalized spacial score (nSPS) is 41.7. The molecule has 21 heavy (non-hydrogen) atoms. The first-order chi connectivity index (χ1) is 9.59.